The number of hydrogen-bond acceptors (Lipinski definition) is 3. The third-order valence-electron chi connectivity index (χ3n) is 4.22. The van der Waals surface area contributed by atoms with Gasteiger partial charge in [-0.1, -0.05) is 12.8 Å². The second-order valence-corrected chi connectivity index (χ2v) is 6.29. The molecule has 1 aromatic rings. The van der Waals surface area contributed by atoms with Crippen LogP contribution in [0, 0.1) is 24.7 Å². The second-order valence-electron chi connectivity index (χ2n) is 5.34. The number of thiophene rings is 1. The molecule has 0 saturated heterocycles. The van der Waals surface area contributed by atoms with Crippen molar-refractivity contribution >= 4 is 23.5 Å². The molecule has 3 rings (SSSR count). The first-order valence-electron chi connectivity index (χ1n) is 6.64. The average molecular weight is 262 g/mol. The first-order valence-corrected chi connectivity index (χ1v) is 7.52. The summed E-state index contributed by atoms with van der Waals surface area (Å²) in [6, 6.07) is 2.06. The molecule has 1 amide bonds. The lowest BCUT2D eigenvalue weighted by molar-refractivity contribution is -0.122. The highest BCUT2D eigenvalue weighted by molar-refractivity contribution is 7.11. The van der Waals surface area contributed by atoms with E-state index >= 15 is 0 Å². The van der Waals surface area contributed by atoms with Crippen LogP contribution in [0.5, 0.6) is 0 Å². The van der Waals surface area contributed by atoms with Crippen LogP contribution in [0.1, 0.15) is 36.1 Å². The fourth-order valence-corrected chi connectivity index (χ4v) is 3.91. The molecule has 2 aliphatic rings. The Morgan fingerprint density at radius 2 is 2.17 bits per heavy atom. The Hall–Kier alpha value is -1.16. The number of amides is 1. The monoisotopic (exact) mass is 262 g/mol. The van der Waals surface area contributed by atoms with E-state index in [0.717, 1.165) is 4.88 Å². The molecule has 0 aromatic carbocycles. The highest BCUT2D eigenvalue weighted by atomic mass is 32.1. The minimum Gasteiger partial charge on any atom is -0.273 e. The molecule has 0 radical (unpaired) electrons. The maximum Gasteiger partial charge on any atom is 0.243 e. The van der Waals surface area contributed by atoms with Crippen LogP contribution >= 0.6 is 11.3 Å². The van der Waals surface area contributed by atoms with E-state index in [2.05, 4.69) is 23.5 Å². The molecular weight excluding hydrogens is 244 g/mol. The zero-order valence-corrected chi connectivity index (χ0v) is 11.4. The summed E-state index contributed by atoms with van der Waals surface area (Å²) in [5.74, 6) is 1.67. The van der Waals surface area contributed by atoms with E-state index in [1.165, 1.54) is 31.2 Å². The maximum absolute atomic E-state index is 12.0. The van der Waals surface area contributed by atoms with Gasteiger partial charge in [0.1, 0.15) is 0 Å². The van der Waals surface area contributed by atoms with Gasteiger partial charge in [-0.05, 0) is 48.6 Å². The number of carbonyl (C=O) groups excluding carboxylic acids is 1. The normalized spacial score (nSPS) is 30.2. The lowest BCUT2D eigenvalue weighted by atomic mass is 10.0. The van der Waals surface area contributed by atoms with Crippen molar-refractivity contribution in [1.82, 2.24) is 5.43 Å². The second kappa shape index (κ2) is 4.84. The Morgan fingerprint density at radius 1 is 1.44 bits per heavy atom. The SMILES string of the molecule is Cc1ccsc1/C=N\NC(=O)C1[C@H]2CCCC[C@H]12. The number of carbonyl (C=O) groups is 1. The molecule has 3 nitrogen and oxygen atoms in total. The summed E-state index contributed by atoms with van der Waals surface area (Å²) in [5, 5.41) is 6.12. The molecule has 0 bridgehead atoms. The zero-order valence-electron chi connectivity index (χ0n) is 10.6. The van der Waals surface area contributed by atoms with Crippen molar-refractivity contribution in [1.29, 1.82) is 0 Å². The molecule has 0 aliphatic heterocycles. The van der Waals surface area contributed by atoms with Crippen molar-refractivity contribution < 1.29 is 4.79 Å². The van der Waals surface area contributed by atoms with Gasteiger partial charge in [-0.3, -0.25) is 4.79 Å². The van der Waals surface area contributed by atoms with Crippen LogP contribution in [0.4, 0.5) is 0 Å². The van der Waals surface area contributed by atoms with Gasteiger partial charge < -0.3 is 0 Å². The first kappa shape index (κ1) is 11.9. The standard InChI is InChI=1S/C14H18N2OS/c1-9-6-7-18-12(9)8-15-16-14(17)13-10-4-2-3-5-11(10)13/h6-8,10-11,13H,2-5H2,1H3,(H,16,17)/b15-8-/t10-,11-/m0/s1. The average Bonchev–Trinajstić information content (AvgIpc) is 2.98. The third kappa shape index (κ3) is 2.21. The topological polar surface area (TPSA) is 41.5 Å². The van der Waals surface area contributed by atoms with Crippen molar-refractivity contribution in [2.24, 2.45) is 22.9 Å². The van der Waals surface area contributed by atoms with Gasteiger partial charge in [0.05, 0.1) is 6.21 Å². The molecule has 1 aromatic heterocycles. The highest BCUT2D eigenvalue weighted by Gasteiger charge is 2.54. The van der Waals surface area contributed by atoms with Gasteiger partial charge in [0, 0.05) is 10.8 Å². The molecule has 2 fully saturated rings. The van der Waals surface area contributed by atoms with E-state index < -0.39 is 0 Å². The van der Waals surface area contributed by atoms with Crippen molar-refractivity contribution in [2.45, 2.75) is 32.6 Å². The van der Waals surface area contributed by atoms with Crippen LogP contribution in [-0.2, 0) is 4.79 Å². The summed E-state index contributed by atoms with van der Waals surface area (Å²) in [5.41, 5.74) is 3.91. The largest absolute Gasteiger partial charge is 0.273 e. The summed E-state index contributed by atoms with van der Waals surface area (Å²) in [7, 11) is 0. The first-order chi connectivity index (χ1) is 8.77. The summed E-state index contributed by atoms with van der Waals surface area (Å²) in [4.78, 5) is 13.1. The molecule has 2 saturated carbocycles. The molecule has 2 atom stereocenters. The molecular formula is C14H18N2OS. The van der Waals surface area contributed by atoms with Gasteiger partial charge in [0.2, 0.25) is 5.91 Å². The van der Waals surface area contributed by atoms with Crippen molar-refractivity contribution in [3.05, 3.63) is 21.9 Å². The lowest BCUT2D eigenvalue weighted by Crippen LogP contribution is -2.20. The summed E-state index contributed by atoms with van der Waals surface area (Å²) < 4.78 is 0. The fraction of sp³-hybridized carbons (Fsp3) is 0.571. The predicted molar refractivity (Wildman–Crippen MR) is 73.7 cm³/mol. The number of nitrogens with zero attached hydrogens (tertiary/aromatic N) is 1. The van der Waals surface area contributed by atoms with Gasteiger partial charge in [0.25, 0.3) is 0 Å². The smallest absolute Gasteiger partial charge is 0.243 e. The van der Waals surface area contributed by atoms with Gasteiger partial charge in [-0.2, -0.15) is 5.10 Å². The quantitative estimate of drug-likeness (QED) is 0.660. The molecule has 18 heavy (non-hydrogen) atoms. The van der Waals surface area contributed by atoms with Crippen molar-refractivity contribution in [2.75, 3.05) is 0 Å². The van der Waals surface area contributed by atoms with Crippen LogP contribution in [0.3, 0.4) is 0 Å². The minimum atomic E-state index is 0.123. The Morgan fingerprint density at radius 3 is 2.78 bits per heavy atom. The van der Waals surface area contributed by atoms with Crippen molar-refractivity contribution in [3.8, 4) is 0 Å². The molecule has 1 heterocycles. The molecule has 4 heteroatoms. The Labute approximate surface area is 111 Å². The number of fused-ring (bicyclic) bond motifs is 1. The van der Waals surface area contributed by atoms with E-state index in [1.807, 2.05) is 5.38 Å². The van der Waals surface area contributed by atoms with Crippen LogP contribution in [0.25, 0.3) is 0 Å². The number of hydrogen-bond donors (Lipinski definition) is 1. The lowest BCUT2D eigenvalue weighted by Gasteiger charge is -2.04. The molecule has 0 spiro atoms. The van der Waals surface area contributed by atoms with Crippen molar-refractivity contribution in [3.63, 3.8) is 0 Å². The number of rotatable bonds is 3. The number of aryl methyl sites for hydroxylation is 1. The van der Waals surface area contributed by atoms with Crippen LogP contribution in [-0.4, -0.2) is 12.1 Å². The van der Waals surface area contributed by atoms with Gasteiger partial charge in [-0.25, -0.2) is 5.43 Å². The van der Waals surface area contributed by atoms with E-state index in [4.69, 9.17) is 0 Å². The summed E-state index contributed by atoms with van der Waals surface area (Å²) in [6.07, 6.45) is 6.81. The Bertz CT molecular complexity index is 468. The molecule has 2 aliphatic carbocycles. The van der Waals surface area contributed by atoms with Gasteiger partial charge in [0.15, 0.2) is 0 Å². The van der Waals surface area contributed by atoms with Crippen LogP contribution < -0.4 is 5.43 Å². The highest BCUT2D eigenvalue weighted by Crippen LogP contribution is 2.55. The predicted octanol–water partition coefficient (Wildman–Crippen LogP) is 2.94. The van der Waals surface area contributed by atoms with Gasteiger partial charge in [-0.15, -0.1) is 11.3 Å². The van der Waals surface area contributed by atoms with E-state index in [0.29, 0.717) is 11.8 Å². The van der Waals surface area contributed by atoms with E-state index in [1.54, 1.807) is 17.6 Å². The van der Waals surface area contributed by atoms with Crippen LogP contribution in [0.15, 0.2) is 16.5 Å². The molecule has 0 unspecified atom stereocenters. The molecule has 1 N–H and O–H groups in total. The van der Waals surface area contributed by atoms with Gasteiger partial charge >= 0.3 is 0 Å². The third-order valence-corrected chi connectivity index (χ3v) is 5.17. The number of hydrazone groups is 1. The van der Waals surface area contributed by atoms with E-state index in [9.17, 15) is 4.79 Å². The maximum atomic E-state index is 12.0. The fourth-order valence-electron chi connectivity index (χ4n) is 3.13. The Balaban J connectivity index is 1.53. The minimum absolute atomic E-state index is 0.123. The number of nitrogens with one attached hydrogen (secondary N) is 1. The van der Waals surface area contributed by atoms with Crippen LogP contribution in [0.2, 0.25) is 0 Å². The zero-order chi connectivity index (χ0) is 12.5. The van der Waals surface area contributed by atoms with E-state index in [-0.39, 0.29) is 11.8 Å². The summed E-state index contributed by atoms with van der Waals surface area (Å²) in [6.45, 7) is 2.05. The molecule has 96 valence electrons. The Kier molecular flexibility index (Phi) is 3.20. The summed E-state index contributed by atoms with van der Waals surface area (Å²) >= 11 is 1.64.